The summed E-state index contributed by atoms with van der Waals surface area (Å²) in [6.07, 6.45) is 4.10. The van der Waals surface area contributed by atoms with E-state index in [0.29, 0.717) is 10.7 Å². The van der Waals surface area contributed by atoms with Gasteiger partial charge >= 0.3 is 11.9 Å². The number of aliphatic carboxylic acids is 1. The van der Waals surface area contributed by atoms with E-state index in [9.17, 15) is 19.7 Å². The molecule has 3 aromatic carbocycles. The fourth-order valence-corrected chi connectivity index (χ4v) is 5.54. The third-order valence-electron chi connectivity index (χ3n) is 7.44. The molecule has 1 N–H and O–H groups in total. The van der Waals surface area contributed by atoms with E-state index in [1.54, 1.807) is 42.6 Å². The molecule has 5 rings (SSSR count). The maximum absolute atomic E-state index is 13.0. The third kappa shape index (κ3) is 6.67. The van der Waals surface area contributed by atoms with Crippen molar-refractivity contribution in [1.82, 2.24) is 9.88 Å². The van der Waals surface area contributed by atoms with Gasteiger partial charge in [-0.2, -0.15) is 0 Å². The molecule has 1 aliphatic rings. The Labute approximate surface area is 247 Å². The van der Waals surface area contributed by atoms with Crippen LogP contribution in [0.1, 0.15) is 28.8 Å². The number of hydrogen-bond donors (Lipinski definition) is 1. The average molecular weight is 589 g/mol. The molecule has 0 bridgehead atoms. The minimum Gasteiger partial charge on any atom is -0.479 e. The maximum atomic E-state index is 13.0. The number of aromatic nitrogens is 1. The number of pyridine rings is 1. The Morgan fingerprint density at radius 3 is 2.50 bits per heavy atom. The Kier molecular flexibility index (Phi) is 8.94. The predicted octanol–water partition coefficient (Wildman–Crippen LogP) is 5.88. The van der Waals surface area contributed by atoms with Crippen molar-refractivity contribution in [2.24, 2.45) is 0 Å². The number of benzene rings is 3. The highest BCUT2D eigenvalue weighted by Gasteiger charge is 2.30. The van der Waals surface area contributed by atoms with E-state index in [-0.39, 0.29) is 17.3 Å². The van der Waals surface area contributed by atoms with Gasteiger partial charge in [0, 0.05) is 54.4 Å². The second kappa shape index (κ2) is 13.0. The van der Waals surface area contributed by atoms with Crippen molar-refractivity contribution in [3.8, 4) is 0 Å². The first kappa shape index (κ1) is 29.0. The van der Waals surface area contributed by atoms with Crippen LogP contribution < -0.4 is 4.90 Å². The monoisotopic (exact) mass is 588 g/mol. The van der Waals surface area contributed by atoms with Crippen LogP contribution in [0.5, 0.6) is 0 Å². The Morgan fingerprint density at radius 1 is 1.05 bits per heavy atom. The van der Waals surface area contributed by atoms with E-state index < -0.39 is 23.5 Å². The molecule has 1 aromatic heterocycles. The zero-order chi connectivity index (χ0) is 29.6. The number of carbonyl (C=O) groups excluding carboxylic acids is 1. The molecular formula is C31H29ClN4O6. The van der Waals surface area contributed by atoms with Gasteiger partial charge in [0.15, 0.2) is 6.61 Å². The maximum Gasteiger partial charge on any atom is 0.341 e. The molecule has 0 radical (unpaired) electrons. The summed E-state index contributed by atoms with van der Waals surface area (Å²) in [5.74, 6) is -1.93. The zero-order valence-corrected chi connectivity index (χ0v) is 23.4. The summed E-state index contributed by atoms with van der Waals surface area (Å²) in [5, 5.41) is 21.4. The van der Waals surface area contributed by atoms with Gasteiger partial charge in [-0.15, -0.1) is 0 Å². The van der Waals surface area contributed by atoms with Gasteiger partial charge in [-0.1, -0.05) is 35.9 Å². The highest BCUT2D eigenvalue weighted by atomic mass is 35.5. The second-order valence-corrected chi connectivity index (χ2v) is 10.5. The summed E-state index contributed by atoms with van der Waals surface area (Å²) in [6.45, 7) is 1.72. The van der Waals surface area contributed by atoms with Crippen LogP contribution in [0.2, 0.25) is 5.02 Å². The van der Waals surface area contributed by atoms with Gasteiger partial charge in [-0.25, -0.2) is 9.59 Å². The highest BCUT2D eigenvalue weighted by Crippen LogP contribution is 2.38. The van der Waals surface area contributed by atoms with Crippen LogP contribution in [0.4, 0.5) is 17.1 Å². The topological polar surface area (TPSA) is 126 Å². The van der Waals surface area contributed by atoms with E-state index in [0.717, 1.165) is 61.1 Å². The van der Waals surface area contributed by atoms with Crippen LogP contribution in [0.15, 0.2) is 79.0 Å². The second-order valence-electron chi connectivity index (χ2n) is 10.1. The number of anilines is 2. The van der Waals surface area contributed by atoms with Crippen LogP contribution >= 0.6 is 11.6 Å². The lowest BCUT2D eigenvalue weighted by Gasteiger charge is -2.40. The number of ether oxygens (including phenoxy) is 1. The van der Waals surface area contributed by atoms with E-state index in [1.807, 2.05) is 24.3 Å². The summed E-state index contributed by atoms with van der Waals surface area (Å²) >= 11 is 6.26. The number of non-ortho nitro benzene ring substituents is 1. The molecule has 0 aliphatic carbocycles. The number of carbonyl (C=O) groups is 2. The van der Waals surface area contributed by atoms with Crippen molar-refractivity contribution in [3.05, 3.63) is 105 Å². The van der Waals surface area contributed by atoms with Crippen molar-refractivity contribution < 1.29 is 24.4 Å². The van der Waals surface area contributed by atoms with Gasteiger partial charge in [0.2, 0.25) is 0 Å². The zero-order valence-electron chi connectivity index (χ0n) is 22.7. The first-order valence-electron chi connectivity index (χ1n) is 13.6. The number of rotatable bonds is 10. The predicted molar refractivity (Wildman–Crippen MR) is 160 cm³/mol. The van der Waals surface area contributed by atoms with Gasteiger partial charge in [0.05, 0.1) is 27.4 Å². The fourth-order valence-electron chi connectivity index (χ4n) is 5.37. The van der Waals surface area contributed by atoms with E-state index >= 15 is 0 Å². The number of nitrogens with zero attached hydrogens (tertiary/aromatic N) is 4. The van der Waals surface area contributed by atoms with Gasteiger partial charge in [-0.3, -0.25) is 15.1 Å². The Morgan fingerprint density at radius 2 is 1.79 bits per heavy atom. The van der Waals surface area contributed by atoms with Crippen molar-refractivity contribution >= 4 is 51.5 Å². The van der Waals surface area contributed by atoms with Crippen molar-refractivity contribution in [2.45, 2.75) is 25.3 Å². The smallest absolute Gasteiger partial charge is 0.341 e. The molecule has 11 heteroatoms. The Hall–Kier alpha value is -4.54. The molecule has 1 aliphatic heterocycles. The first-order chi connectivity index (χ1) is 20.3. The highest BCUT2D eigenvalue weighted by molar-refractivity contribution is 6.31. The van der Waals surface area contributed by atoms with Gasteiger partial charge in [0.1, 0.15) is 0 Å². The SMILES string of the molecule is O=C(O)COC(=O)c1ccccc1N(c1ccnc2cc(Cl)ccc12)C1CCN(CCc2ccc([N+](=O)[O-])cc2)CC1. The number of esters is 1. The normalized spacial score (nSPS) is 14.0. The summed E-state index contributed by atoms with van der Waals surface area (Å²) in [6, 6.07) is 21.2. The van der Waals surface area contributed by atoms with Crippen molar-refractivity contribution in [3.63, 3.8) is 0 Å². The number of piperidine rings is 1. The quantitative estimate of drug-likeness (QED) is 0.137. The molecule has 0 amide bonds. The van der Waals surface area contributed by atoms with Crippen LogP contribution in [0.3, 0.4) is 0 Å². The lowest BCUT2D eigenvalue weighted by molar-refractivity contribution is -0.384. The minimum absolute atomic E-state index is 0.0235. The number of likely N-dealkylation sites (tertiary alicyclic amines) is 1. The molecule has 10 nitrogen and oxygen atoms in total. The van der Waals surface area contributed by atoms with Crippen LogP contribution in [0.25, 0.3) is 10.9 Å². The summed E-state index contributed by atoms with van der Waals surface area (Å²) in [4.78, 5) is 43.7. The number of carboxylic acids is 1. The average Bonchev–Trinajstić information content (AvgIpc) is 3.00. The molecule has 0 atom stereocenters. The molecule has 0 saturated carbocycles. The number of halogens is 1. The van der Waals surface area contributed by atoms with Crippen LogP contribution in [0, 0.1) is 10.1 Å². The Balaban J connectivity index is 1.41. The number of nitro groups is 1. The molecule has 216 valence electrons. The number of para-hydroxylation sites is 1. The molecule has 1 saturated heterocycles. The van der Waals surface area contributed by atoms with E-state index in [2.05, 4.69) is 14.8 Å². The minimum atomic E-state index is -1.23. The van der Waals surface area contributed by atoms with Crippen LogP contribution in [-0.2, 0) is 16.0 Å². The standard InChI is InChI=1S/C31H29ClN4O6/c32-22-7-10-25-27(19-22)33-15-11-29(25)35(28-4-2-1-3-26(28)31(39)42-20-30(37)38)23-13-17-34(18-14-23)16-12-21-5-8-24(9-6-21)36(40)41/h1-11,15,19,23H,12-14,16-18,20H2,(H,37,38). The van der Waals surface area contributed by atoms with Gasteiger partial charge < -0.3 is 19.6 Å². The summed E-state index contributed by atoms with van der Waals surface area (Å²) in [5.41, 5.74) is 3.60. The van der Waals surface area contributed by atoms with Crippen molar-refractivity contribution in [2.75, 3.05) is 31.1 Å². The third-order valence-corrected chi connectivity index (χ3v) is 7.67. The molecule has 1 fully saturated rings. The molecule has 0 unspecified atom stereocenters. The van der Waals surface area contributed by atoms with Gasteiger partial charge in [0.25, 0.3) is 5.69 Å². The van der Waals surface area contributed by atoms with Crippen LogP contribution in [-0.4, -0.2) is 64.1 Å². The number of carboxylic acid groups (broad SMARTS) is 1. The lowest BCUT2D eigenvalue weighted by atomic mass is 9.98. The molecule has 42 heavy (non-hydrogen) atoms. The number of hydrogen-bond acceptors (Lipinski definition) is 8. The summed E-state index contributed by atoms with van der Waals surface area (Å²) in [7, 11) is 0. The molecule has 4 aromatic rings. The lowest BCUT2D eigenvalue weighted by Crippen LogP contribution is -2.44. The van der Waals surface area contributed by atoms with Gasteiger partial charge in [-0.05, 0) is 61.2 Å². The summed E-state index contributed by atoms with van der Waals surface area (Å²) < 4.78 is 5.08. The van der Waals surface area contributed by atoms with Crippen molar-refractivity contribution in [1.29, 1.82) is 0 Å². The number of fused-ring (bicyclic) bond motifs is 1. The number of nitro benzene ring substituents is 1. The Bertz CT molecular complexity index is 1610. The van der Waals surface area contributed by atoms with E-state index in [4.69, 9.17) is 21.4 Å². The molecule has 2 heterocycles. The molecular weight excluding hydrogens is 560 g/mol. The fraction of sp³-hybridized carbons (Fsp3) is 0.258. The van der Waals surface area contributed by atoms with E-state index in [1.165, 1.54) is 12.1 Å². The molecule has 0 spiro atoms. The first-order valence-corrected chi connectivity index (χ1v) is 13.9. The largest absolute Gasteiger partial charge is 0.479 e.